The summed E-state index contributed by atoms with van der Waals surface area (Å²) >= 11 is 1.01. The molecule has 36 heavy (non-hydrogen) atoms. The molecular weight excluding hydrogens is 482 g/mol. The molecule has 3 amide bonds. The largest absolute Gasteiger partial charge is 0.497 e. The fourth-order valence-corrected chi connectivity index (χ4v) is 4.82. The van der Waals surface area contributed by atoms with E-state index in [1.165, 1.54) is 0 Å². The molecule has 1 N–H and O–H groups in total. The first kappa shape index (κ1) is 23.7. The lowest BCUT2D eigenvalue weighted by Gasteiger charge is -2.36. The van der Waals surface area contributed by atoms with Crippen molar-refractivity contribution in [3.8, 4) is 5.75 Å². The van der Waals surface area contributed by atoms with Crippen molar-refractivity contribution in [1.82, 2.24) is 29.4 Å². The van der Waals surface area contributed by atoms with Crippen LogP contribution in [0.1, 0.15) is 10.5 Å². The second-order valence-electron chi connectivity index (χ2n) is 8.38. The predicted molar refractivity (Wildman–Crippen MR) is 136 cm³/mol. The van der Waals surface area contributed by atoms with Gasteiger partial charge in [-0.3, -0.25) is 10.1 Å². The fourth-order valence-electron chi connectivity index (χ4n) is 4.26. The van der Waals surface area contributed by atoms with Gasteiger partial charge in [0, 0.05) is 82.0 Å². The standard InChI is InChI=1S/C23H27N9O3S/c1-35-18-5-3-17(4-6-18)29-9-15-32(16-10-29)23(34)26-20-19(27-28-36-20)21(33)30-11-13-31(14-12-30)22-24-7-2-8-25-22/h2-8H,9-16H2,1H3,(H,26,34). The number of aromatic nitrogens is 4. The first-order valence-corrected chi connectivity index (χ1v) is 12.5. The molecule has 0 saturated carbocycles. The van der Waals surface area contributed by atoms with Gasteiger partial charge in [0.05, 0.1) is 7.11 Å². The number of nitrogens with zero attached hydrogens (tertiary/aromatic N) is 8. The van der Waals surface area contributed by atoms with Crippen LogP contribution in [0.25, 0.3) is 0 Å². The van der Waals surface area contributed by atoms with Crippen molar-refractivity contribution in [2.24, 2.45) is 0 Å². The first-order chi connectivity index (χ1) is 17.6. The maximum atomic E-state index is 13.1. The van der Waals surface area contributed by atoms with Gasteiger partial charge >= 0.3 is 6.03 Å². The summed E-state index contributed by atoms with van der Waals surface area (Å²) in [5.74, 6) is 1.23. The summed E-state index contributed by atoms with van der Waals surface area (Å²) in [5, 5.41) is 7.24. The third kappa shape index (κ3) is 5.15. The van der Waals surface area contributed by atoms with Crippen LogP contribution in [0.3, 0.4) is 0 Å². The van der Waals surface area contributed by atoms with Crippen molar-refractivity contribution in [2.75, 3.05) is 74.6 Å². The Hall–Kier alpha value is -4.00. The molecule has 0 bridgehead atoms. The molecule has 0 radical (unpaired) electrons. The summed E-state index contributed by atoms with van der Waals surface area (Å²) in [6, 6.07) is 9.41. The maximum Gasteiger partial charge on any atom is 0.322 e. The molecule has 0 spiro atoms. The Morgan fingerprint density at radius 2 is 1.53 bits per heavy atom. The number of piperazine rings is 2. The molecule has 2 aliphatic rings. The third-order valence-corrected chi connectivity index (χ3v) is 6.96. The van der Waals surface area contributed by atoms with E-state index in [0.29, 0.717) is 63.3 Å². The summed E-state index contributed by atoms with van der Waals surface area (Å²) in [4.78, 5) is 42.3. The molecule has 188 valence electrons. The van der Waals surface area contributed by atoms with Crippen LogP contribution in [0.15, 0.2) is 42.7 Å². The molecule has 1 aromatic carbocycles. The average molecular weight is 510 g/mol. The zero-order chi connectivity index (χ0) is 24.9. The summed E-state index contributed by atoms with van der Waals surface area (Å²) in [7, 11) is 1.64. The highest BCUT2D eigenvalue weighted by molar-refractivity contribution is 7.10. The number of anilines is 3. The van der Waals surface area contributed by atoms with Gasteiger partial charge in [0.2, 0.25) is 5.95 Å². The number of carbonyl (C=O) groups excluding carboxylic acids is 2. The lowest BCUT2D eigenvalue weighted by Crippen LogP contribution is -2.50. The molecule has 2 saturated heterocycles. The maximum absolute atomic E-state index is 13.1. The zero-order valence-electron chi connectivity index (χ0n) is 19.9. The molecular formula is C23H27N9O3S. The Kier molecular flexibility index (Phi) is 7.07. The molecule has 3 aromatic rings. The van der Waals surface area contributed by atoms with Gasteiger partial charge in [0.25, 0.3) is 5.91 Å². The highest BCUT2D eigenvalue weighted by Gasteiger charge is 2.29. The van der Waals surface area contributed by atoms with E-state index in [-0.39, 0.29) is 17.6 Å². The van der Waals surface area contributed by atoms with E-state index in [1.807, 2.05) is 29.2 Å². The lowest BCUT2D eigenvalue weighted by atomic mass is 10.2. The Morgan fingerprint density at radius 3 is 2.19 bits per heavy atom. The number of benzene rings is 1. The Labute approximate surface area is 212 Å². The molecule has 0 unspecified atom stereocenters. The van der Waals surface area contributed by atoms with Crippen molar-refractivity contribution in [3.63, 3.8) is 0 Å². The first-order valence-electron chi connectivity index (χ1n) is 11.7. The van der Waals surface area contributed by atoms with Crippen LogP contribution in [0, 0.1) is 0 Å². The highest BCUT2D eigenvalue weighted by Crippen LogP contribution is 2.23. The summed E-state index contributed by atoms with van der Waals surface area (Å²) < 4.78 is 9.15. The number of urea groups is 1. The fraction of sp³-hybridized carbons (Fsp3) is 0.391. The van der Waals surface area contributed by atoms with E-state index in [4.69, 9.17) is 4.74 Å². The van der Waals surface area contributed by atoms with Crippen LogP contribution in [0.2, 0.25) is 0 Å². The van der Waals surface area contributed by atoms with Crippen molar-refractivity contribution in [2.45, 2.75) is 0 Å². The number of ether oxygens (including phenoxy) is 1. The van der Waals surface area contributed by atoms with Crippen LogP contribution in [-0.4, -0.2) is 101 Å². The number of amides is 3. The predicted octanol–water partition coefficient (Wildman–Crippen LogP) is 1.65. The van der Waals surface area contributed by atoms with Crippen molar-refractivity contribution >= 4 is 40.1 Å². The van der Waals surface area contributed by atoms with Crippen LogP contribution < -0.4 is 19.9 Å². The molecule has 0 aliphatic carbocycles. The van der Waals surface area contributed by atoms with Gasteiger partial charge in [0.15, 0.2) is 10.7 Å². The van der Waals surface area contributed by atoms with Gasteiger partial charge in [0.1, 0.15) is 5.75 Å². The van der Waals surface area contributed by atoms with Crippen molar-refractivity contribution < 1.29 is 14.3 Å². The van der Waals surface area contributed by atoms with Gasteiger partial charge in [-0.15, -0.1) is 5.10 Å². The number of nitrogens with one attached hydrogen (secondary N) is 1. The van der Waals surface area contributed by atoms with Crippen LogP contribution in [-0.2, 0) is 0 Å². The van der Waals surface area contributed by atoms with E-state index in [1.54, 1.807) is 35.4 Å². The smallest absolute Gasteiger partial charge is 0.322 e. The average Bonchev–Trinajstić information content (AvgIpc) is 3.41. The number of hydrogen-bond acceptors (Lipinski definition) is 10. The minimum atomic E-state index is -0.254. The Morgan fingerprint density at radius 1 is 0.889 bits per heavy atom. The quantitative estimate of drug-likeness (QED) is 0.547. The molecule has 0 atom stereocenters. The minimum absolute atomic E-state index is 0.176. The second kappa shape index (κ2) is 10.7. The summed E-state index contributed by atoms with van der Waals surface area (Å²) in [5.41, 5.74) is 1.27. The molecule has 13 heteroatoms. The van der Waals surface area contributed by atoms with Crippen LogP contribution in [0.5, 0.6) is 5.75 Å². The molecule has 2 aliphatic heterocycles. The van der Waals surface area contributed by atoms with Crippen LogP contribution >= 0.6 is 11.5 Å². The molecule has 2 aromatic heterocycles. The van der Waals surface area contributed by atoms with Crippen molar-refractivity contribution in [1.29, 1.82) is 0 Å². The monoisotopic (exact) mass is 509 g/mol. The Bertz CT molecular complexity index is 1180. The van der Waals surface area contributed by atoms with E-state index >= 15 is 0 Å². The molecule has 2 fully saturated rings. The van der Waals surface area contributed by atoms with Gasteiger partial charge in [-0.2, -0.15) is 0 Å². The molecule has 5 rings (SSSR count). The topological polar surface area (TPSA) is 120 Å². The van der Waals surface area contributed by atoms with Crippen molar-refractivity contribution in [3.05, 3.63) is 48.4 Å². The molecule has 12 nitrogen and oxygen atoms in total. The SMILES string of the molecule is COc1ccc(N2CCN(C(=O)Nc3snnc3C(=O)N3CCN(c4ncccn4)CC3)CC2)cc1. The van der Waals surface area contributed by atoms with E-state index in [2.05, 4.69) is 29.8 Å². The third-order valence-electron chi connectivity index (χ3n) is 6.32. The zero-order valence-corrected chi connectivity index (χ0v) is 20.7. The lowest BCUT2D eigenvalue weighted by molar-refractivity contribution is 0.0741. The molecule has 4 heterocycles. The van der Waals surface area contributed by atoms with Gasteiger partial charge in [-0.05, 0) is 30.3 Å². The summed E-state index contributed by atoms with van der Waals surface area (Å²) in [6.45, 7) is 4.81. The normalized spacial score (nSPS) is 16.1. The van der Waals surface area contributed by atoms with Gasteiger partial charge in [-0.25, -0.2) is 14.8 Å². The minimum Gasteiger partial charge on any atom is -0.497 e. The van der Waals surface area contributed by atoms with E-state index < -0.39 is 0 Å². The number of rotatable bonds is 5. The van der Waals surface area contributed by atoms with Gasteiger partial charge in [-0.1, -0.05) is 4.49 Å². The van der Waals surface area contributed by atoms with Crippen LogP contribution in [0.4, 0.5) is 21.4 Å². The Balaban J connectivity index is 1.14. The van der Waals surface area contributed by atoms with Gasteiger partial charge < -0.3 is 24.3 Å². The second-order valence-corrected chi connectivity index (χ2v) is 9.14. The number of hydrogen-bond donors (Lipinski definition) is 1. The van der Waals surface area contributed by atoms with E-state index in [0.717, 1.165) is 23.0 Å². The summed E-state index contributed by atoms with van der Waals surface area (Å²) in [6.07, 6.45) is 3.41. The van der Waals surface area contributed by atoms with E-state index in [9.17, 15) is 9.59 Å². The number of carbonyl (C=O) groups is 2. The highest BCUT2D eigenvalue weighted by atomic mass is 32.1. The number of methoxy groups -OCH3 is 1.